The number of ether oxygens (including phenoxy) is 2. The van der Waals surface area contributed by atoms with Crippen molar-refractivity contribution in [2.24, 2.45) is 0 Å². The number of hydrogen-bond acceptors (Lipinski definition) is 5. The van der Waals surface area contributed by atoms with E-state index in [2.05, 4.69) is 26.1 Å². The third kappa shape index (κ3) is 2.44. The van der Waals surface area contributed by atoms with Gasteiger partial charge in [-0.2, -0.15) is 5.10 Å². The number of aromatic amines is 1. The zero-order chi connectivity index (χ0) is 17.5. The Kier molecular flexibility index (Phi) is 3.46. The molecule has 5 heterocycles. The Bertz CT molecular complexity index is 1060. The molecule has 1 aliphatic heterocycles. The summed E-state index contributed by atoms with van der Waals surface area (Å²) in [5.74, 6) is 0.595. The molecule has 1 saturated heterocycles. The van der Waals surface area contributed by atoms with Gasteiger partial charge in [0.25, 0.3) is 0 Å². The van der Waals surface area contributed by atoms with E-state index in [0.29, 0.717) is 11.9 Å². The van der Waals surface area contributed by atoms with E-state index in [1.165, 1.54) is 0 Å². The van der Waals surface area contributed by atoms with Crippen LogP contribution >= 0.6 is 0 Å². The monoisotopic (exact) mass is 347 g/mol. The minimum atomic E-state index is 0.341. The zero-order valence-corrected chi connectivity index (χ0v) is 14.2. The van der Waals surface area contributed by atoms with Crippen molar-refractivity contribution in [2.75, 3.05) is 20.3 Å². The van der Waals surface area contributed by atoms with Gasteiger partial charge in [0.15, 0.2) is 0 Å². The van der Waals surface area contributed by atoms with E-state index >= 15 is 0 Å². The number of fused-ring (bicyclic) bond motifs is 1. The summed E-state index contributed by atoms with van der Waals surface area (Å²) < 4.78 is 12.3. The highest BCUT2D eigenvalue weighted by molar-refractivity contribution is 5.95. The van der Waals surface area contributed by atoms with Crippen LogP contribution < -0.4 is 4.74 Å². The molecule has 4 aromatic heterocycles. The fraction of sp³-hybridized carbons (Fsp3) is 0.211. The predicted octanol–water partition coefficient (Wildman–Crippen LogP) is 3.07. The third-order valence-electron chi connectivity index (χ3n) is 4.69. The summed E-state index contributed by atoms with van der Waals surface area (Å²) in [6, 6.07) is 8.32. The second-order valence-electron chi connectivity index (χ2n) is 6.28. The standard InChI is InChI=1S/C19H17N5O2/c1-25-18-3-2-12(7-20-18)16-9-22-19-15(16)6-13(8-21-19)17-4-5-24(23-17)14-10-26-11-14/h2-9,14H,10-11H2,1H3,(H,21,22). The molecular formula is C19H17N5O2. The zero-order valence-electron chi connectivity index (χ0n) is 14.2. The van der Waals surface area contributed by atoms with E-state index in [-0.39, 0.29) is 0 Å². The van der Waals surface area contributed by atoms with Crippen LogP contribution in [-0.4, -0.2) is 45.1 Å². The molecule has 130 valence electrons. The maximum absolute atomic E-state index is 5.24. The van der Waals surface area contributed by atoms with Gasteiger partial charge in [-0.3, -0.25) is 4.68 Å². The topological polar surface area (TPSA) is 77.8 Å². The second-order valence-corrected chi connectivity index (χ2v) is 6.28. The minimum Gasteiger partial charge on any atom is -0.481 e. The fourth-order valence-corrected chi connectivity index (χ4v) is 3.11. The highest BCUT2D eigenvalue weighted by Crippen LogP contribution is 2.31. The quantitative estimate of drug-likeness (QED) is 0.614. The number of aromatic nitrogens is 5. The first kappa shape index (κ1) is 15.1. The smallest absolute Gasteiger partial charge is 0.212 e. The summed E-state index contributed by atoms with van der Waals surface area (Å²) in [7, 11) is 1.61. The minimum absolute atomic E-state index is 0.341. The van der Waals surface area contributed by atoms with Crippen LogP contribution in [0.2, 0.25) is 0 Å². The molecule has 0 saturated carbocycles. The van der Waals surface area contributed by atoms with E-state index in [1.54, 1.807) is 13.3 Å². The van der Waals surface area contributed by atoms with Crippen molar-refractivity contribution in [1.29, 1.82) is 0 Å². The lowest BCUT2D eigenvalue weighted by Gasteiger charge is -2.25. The molecule has 0 amide bonds. The molecule has 1 fully saturated rings. The number of H-pyrrole nitrogens is 1. The maximum atomic E-state index is 5.24. The highest BCUT2D eigenvalue weighted by Gasteiger charge is 2.21. The third-order valence-corrected chi connectivity index (χ3v) is 4.69. The molecule has 0 atom stereocenters. The number of nitrogens with zero attached hydrogens (tertiary/aromatic N) is 4. The average Bonchev–Trinajstić information content (AvgIpc) is 3.27. The molecule has 0 aliphatic carbocycles. The first-order valence-corrected chi connectivity index (χ1v) is 8.42. The first-order valence-electron chi connectivity index (χ1n) is 8.42. The Morgan fingerprint density at radius 2 is 2.04 bits per heavy atom. The van der Waals surface area contributed by atoms with E-state index in [1.807, 2.05) is 41.5 Å². The van der Waals surface area contributed by atoms with Gasteiger partial charge in [0, 0.05) is 52.9 Å². The van der Waals surface area contributed by atoms with Gasteiger partial charge in [-0.15, -0.1) is 0 Å². The summed E-state index contributed by atoms with van der Waals surface area (Å²) in [4.78, 5) is 12.1. The van der Waals surface area contributed by atoms with E-state index in [9.17, 15) is 0 Å². The van der Waals surface area contributed by atoms with Gasteiger partial charge in [0.1, 0.15) is 5.65 Å². The average molecular weight is 347 g/mol. The second kappa shape index (κ2) is 5.96. The normalized spacial score (nSPS) is 14.5. The lowest BCUT2D eigenvalue weighted by Crippen LogP contribution is -2.30. The first-order chi connectivity index (χ1) is 12.8. The Labute approximate surface area is 149 Å². The molecule has 4 aromatic rings. The molecule has 0 unspecified atom stereocenters. The molecule has 0 radical (unpaired) electrons. The van der Waals surface area contributed by atoms with E-state index < -0.39 is 0 Å². The van der Waals surface area contributed by atoms with Gasteiger partial charge in [0.05, 0.1) is 32.1 Å². The maximum Gasteiger partial charge on any atom is 0.212 e. The molecule has 7 nitrogen and oxygen atoms in total. The van der Waals surface area contributed by atoms with Crippen molar-refractivity contribution in [3.63, 3.8) is 0 Å². The van der Waals surface area contributed by atoms with Crippen LogP contribution in [0.25, 0.3) is 33.4 Å². The van der Waals surface area contributed by atoms with E-state index in [4.69, 9.17) is 9.47 Å². The van der Waals surface area contributed by atoms with Gasteiger partial charge in [0.2, 0.25) is 5.88 Å². The van der Waals surface area contributed by atoms with Crippen LogP contribution in [0.1, 0.15) is 6.04 Å². The number of nitrogens with one attached hydrogen (secondary N) is 1. The molecular weight excluding hydrogens is 330 g/mol. The van der Waals surface area contributed by atoms with Gasteiger partial charge in [-0.1, -0.05) is 0 Å². The van der Waals surface area contributed by atoms with Crippen LogP contribution in [0.3, 0.4) is 0 Å². The number of hydrogen-bond donors (Lipinski definition) is 1. The van der Waals surface area contributed by atoms with Crippen molar-refractivity contribution < 1.29 is 9.47 Å². The Hall–Kier alpha value is -3.19. The summed E-state index contributed by atoms with van der Waals surface area (Å²) in [5.41, 5.74) is 4.79. The largest absolute Gasteiger partial charge is 0.481 e. The van der Waals surface area contributed by atoms with Crippen molar-refractivity contribution in [2.45, 2.75) is 6.04 Å². The molecule has 7 heteroatoms. The predicted molar refractivity (Wildman–Crippen MR) is 97.0 cm³/mol. The summed E-state index contributed by atoms with van der Waals surface area (Å²) in [6.45, 7) is 1.45. The Morgan fingerprint density at radius 3 is 2.77 bits per heavy atom. The van der Waals surface area contributed by atoms with Crippen LogP contribution in [0.5, 0.6) is 5.88 Å². The highest BCUT2D eigenvalue weighted by atomic mass is 16.5. The van der Waals surface area contributed by atoms with Crippen LogP contribution in [0.15, 0.2) is 49.1 Å². The van der Waals surface area contributed by atoms with Gasteiger partial charge in [-0.25, -0.2) is 9.97 Å². The molecule has 0 spiro atoms. The Balaban J connectivity index is 1.54. The van der Waals surface area contributed by atoms with E-state index in [0.717, 1.165) is 46.6 Å². The molecule has 1 aliphatic rings. The number of rotatable bonds is 4. The molecule has 0 aromatic carbocycles. The summed E-state index contributed by atoms with van der Waals surface area (Å²) >= 11 is 0. The molecule has 1 N–H and O–H groups in total. The lowest BCUT2D eigenvalue weighted by atomic mass is 10.1. The molecule has 5 rings (SSSR count). The number of pyridine rings is 2. The van der Waals surface area contributed by atoms with Crippen molar-refractivity contribution in [3.05, 3.63) is 49.1 Å². The summed E-state index contributed by atoms with van der Waals surface area (Å²) in [5, 5.41) is 5.71. The SMILES string of the molecule is COc1ccc(-c2c[nH]c3ncc(-c4ccn(C5COC5)n4)cc23)cn1. The van der Waals surface area contributed by atoms with Crippen LogP contribution in [-0.2, 0) is 4.74 Å². The number of methoxy groups -OCH3 is 1. The van der Waals surface area contributed by atoms with Gasteiger partial charge < -0.3 is 14.5 Å². The van der Waals surface area contributed by atoms with Crippen LogP contribution in [0.4, 0.5) is 0 Å². The Morgan fingerprint density at radius 1 is 1.15 bits per heavy atom. The van der Waals surface area contributed by atoms with Crippen LogP contribution in [0, 0.1) is 0 Å². The molecule has 26 heavy (non-hydrogen) atoms. The fourth-order valence-electron chi connectivity index (χ4n) is 3.11. The summed E-state index contributed by atoms with van der Waals surface area (Å²) in [6.07, 6.45) is 7.60. The van der Waals surface area contributed by atoms with Crippen molar-refractivity contribution in [3.8, 4) is 28.3 Å². The lowest BCUT2D eigenvalue weighted by molar-refractivity contribution is -0.0285. The molecule has 0 bridgehead atoms. The van der Waals surface area contributed by atoms with Crippen molar-refractivity contribution in [1.82, 2.24) is 24.7 Å². The van der Waals surface area contributed by atoms with Crippen molar-refractivity contribution >= 4 is 11.0 Å². The van der Waals surface area contributed by atoms with Gasteiger partial charge >= 0.3 is 0 Å². The van der Waals surface area contributed by atoms with Gasteiger partial charge in [-0.05, 0) is 18.2 Å².